The highest BCUT2D eigenvalue weighted by Gasteiger charge is 2.09. The first-order chi connectivity index (χ1) is 8.58. The van der Waals surface area contributed by atoms with E-state index in [4.69, 9.17) is 0 Å². The van der Waals surface area contributed by atoms with Crippen LogP contribution >= 0.6 is 22.6 Å². The molecule has 18 heavy (non-hydrogen) atoms. The fraction of sp³-hybridized carbons (Fsp3) is 0.250. The van der Waals surface area contributed by atoms with E-state index in [0.717, 1.165) is 0 Å². The van der Waals surface area contributed by atoms with Crippen LogP contribution in [0.4, 0.5) is 5.69 Å². The van der Waals surface area contributed by atoms with Crippen LogP contribution in [0.2, 0.25) is 0 Å². The van der Waals surface area contributed by atoms with Gasteiger partial charge in [0.25, 0.3) is 0 Å². The van der Waals surface area contributed by atoms with Crippen LogP contribution in [0.5, 0.6) is 0 Å². The molecule has 2 heteroatoms. The monoisotopic (exact) mass is 351 g/mol. The molecule has 0 spiro atoms. The molecule has 1 N–H and O–H groups in total. The van der Waals surface area contributed by atoms with Gasteiger partial charge in [-0.05, 0) is 66.6 Å². The summed E-state index contributed by atoms with van der Waals surface area (Å²) in [7, 11) is 0. The molecule has 1 nitrogen and oxygen atoms in total. The van der Waals surface area contributed by atoms with Crippen LogP contribution < -0.4 is 5.32 Å². The molecule has 2 aromatic carbocycles. The Morgan fingerprint density at radius 3 is 2.50 bits per heavy atom. The third kappa shape index (κ3) is 3.05. The van der Waals surface area contributed by atoms with Gasteiger partial charge in [0.15, 0.2) is 0 Å². The third-order valence-corrected chi connectivity index (χ3v) is 4.09. The minimum atomic E-state index is 0.320. The average molecular weight is 351 g/mol. The second-order valence-corrected chi connectivity index (χ2v) is 5.87. The first-order valence-corrected chi connectivity index (χ1v) is 7.24. The Labute approximate surface area is 123 Å². The summed E-state index contributed by atoms with van der Waals surface area (Å²) in [4.78, 5) is 0. The van der Waals surface area contributed by atoms with Gasteiger partial charge in [-0.15, -0.1) is 0 Å². The molecule has 0 heterocycles. The van der Waals surface area contributed by atoms with Gasteiger partial charge < -0.3 is 5.32 Å². The zero-order valence-electron chi connectivity index (χ0n) is 11.0. The van der Waals surface area contributed by atoms with E-state index < -0.39 is 0 Å². The molecule has 0 amide bonds. The molecule has 2 rings (SSSR count). The average Bonchev–Trinajstić information content (AvgIpc) is 2.35. The zero-order valence-corrected chi connectivity index (χ0v) is 13.2. The number of halogens is 1. The lowest BCUT2D eigenvalue weighted by Gasteiger charge is -2.19. The molecule has 0 aliphatic rings. The highest BCUT2D eigenvalue weighted by Crippen LogP contribution is 2.25. The highest BCUT2D eigenvalue weighted by atomic mass is 127. The molecule has 1 atom stereocenters. The van der Waals surface area contributed by atoms with Crippen molar-refractivity contribution in [3.05, 3.63) is 62.7 Å². The van der Waals surface area contributed by atoms with Gasteiger partial charge in [-0.1, -0.05) is 35.9 Å². The summed E-state index contributed by atoms with van der Waals surface area (Å²) >= 11 is 2.37. The summed E-state index contributed by atoms with van der Waals surface area (Å²) in [5.74, 6) is 0. The summed E-state index contributed by atoms with van der Waals surface area (Å²) in [6.07, 6.45) is 0. The van der Waals surface area contributed by atoms with Gasteiger partial charge in [-0.2, -0.15) is 0 Å². The topological polar surface area (TPSA) is 12.0 Å². The molecule has 2 aromatic rings. The predicted molar refractivity (Wildman–Crippen MR) is 87.1 cm³/mol. The predicted octanol–water partition coefficient (Wildman–Crippen LogP) is 5.08. The van der Waals surface area contributed by atoms with Crippen LogP contribution in [-0.4, -0.2) is 0 Å². The standard InChI is InChI=1S/C16H18IN/c1-11-8-9-12(2)14(10-11)13(3)18-16-7-5-4-6-15(16)17/h4-10,13,18H,1-3H3. The van der Waals surface area contributed by atoms with E-state index in [9.17, 15) is 0 Å². The van der Waals surface area contributed by atoms with Crippen LogP contribution in [0.15, 0.2) is 42.5 Å². The second-order valence-electron chi connectivity index (χ2n) is 4.71. The molecule has 0 bridgehead atoms. The van der Waals surface area contributed by atoms with Crippen molar-refractivity contribution < 1.29 is 0 Å². The molecule has 0 saturated carbocycles. The van der Waals surface area contributed by atoms with E-state index in [1.165, 1.54) is 25.9 Å². The van der Waals surface area contributed by atoms with Crippen LogP contribution in [-0.2, 0) is 0 Å². The Morgan fingerprint density at radius 2 is 1.78 bits per heavy atom. The maximum absolute atomic E-state index is 3.59. The van der Waals surface area contributed by atoms with Gasteiger partial charge in [0.2, 0.25) is 0 Å². The first-order valence-electron chi connectivity index (χ1n) is 6.16. The fourth-order valence-electron chi connectivity index (χ4n) is 2.12. The lowest BCUT2D eigenvalue weighted by atomic mass is 10.00. The van der Waals surface area contributed by atoms with Crippen molar-refractivity contribution in [1.29, 1.82) is 0 Å². The molecule has 94 valence electrons. The summed E-state index contributed by atoms with van der Waals surface area (Å²) in [5, 5.41) is 3.59. The largest absolute Gasteiger partial charge is 0.378 e. The van der Waals surface area contributed by atoms with Gasteiger partial charge in [0.1, 0.15) is 0 Å². The van der Waals surface area contributed by atoms with Crippen LogP contribution in [0, 0.1) is 17.4 Å². The smallest absolute Gasteiger partial charge is 0.0488 e. The van der Waals surface area contributed by atoms with Gasteiger partial charge in [0.05, 0.1) is 0 Å². The number of nitrogens with one attached hydrogen (secondary N) is 1. The highest BCUT2D eigenvalue weighted by molar-refractivity contribution is 14.1. The van der Waals surface area contributed by atoms with Crippen LogP contribution in [0.1, 0.15) is 29.7 Å². The van der Waals surface area contributed by atoms with E-state index >= 15 is 0 Å². The van der Waals surface area contributed by atoms with Gasteiger partial charge >= 0.3 is 0 Å². The number of hydrogen-bond donors (Lipinski definition) is 1. The van der Waals surface area contributed by atoms with Crippen LogP contribution in [0.3, 0.4) is 0 Å². The van der Waals surface area contributed by atoms with Gasteiger partial charge in [-0.25, -0.2) is 0 Å². The summed E-state index contributed by atoms with van der Waals surface area (Å²) in [5.41, 5.74) is 5.22. The Hall–Kier alpha value is -1.03. The molecule has 0 aromatic heterocycles. The van der Waals surface area contributed by atoms with Crippen molar-refractivity contribution in [2.45, 2.75) is 26.8 Å². The minimum absolute atomic E-state index is 0.320. The fourth-order valence-corrected chi connectivity index (χ4v) is 2.66. The minimum Gasteiger partial charge on any atom is -0.378 e. The van der Waals surface area contributed by atoms with Crippen molar-refractivity contribution in [1.82, 2.24) is 0 Å². The van der Waals surface area contributed by atoms with Crippen molar-refractivity contribution >= 4 is 28.3 Å². The van der Waals surface area contributed by atoms with E-state index in [-0.39, 0.29) is 0 Å². The summed E-state index contributed by atoms with van der Waals surface area (Å²) < 4.78 is 1.26. The lowest BCUT2D eigenvalue weighted by molar-refractivity contribution is 0.871. The number of para-hydroxylation sites is 1. The summed E-state index contributed by atoms with van der Waals surface area (Å²) in [6, 6.07) is 15.3. The number of aryl methyl sites for hydroxylation is 2. The maximum atomic E-state index is 3.59. The van der Waals surface area contributed by atoms with Crippen molar-refractivity contribution in [2.24, 2.45) is 0 Å². The SMILES string of the molecule is Cc1ccc(C)c(C(C)Nc2ccccc2I)c1. The molecular formula is C16H18IN. The second kappa shape index (κ2) is 5.74. The van der Waals surface area contributed by atoms with E-state index in [0.29, 0.717) is 6.04 Å². The number of anilines is 1. The summed E-state index contributed by atoms with van der Waals surface area (Å²) in [6.45, 7) is 6.52. The van der Waals surface area contributed by atoms with Crippen molar-refractivity contribution in [2.75, 3.05) is 5.32 Å². The van der Waals surface area contributed by atoms with Crippen molar-refractivity contribution in [3.63, 3.8) is 0 Å². The van der Waals surface area contributed by atoms with Gasteiger partial charge in [-0.3, -0.25) is 0 Å². The Bertz CT molecular complexity index is 549. The van der Waals surface area contributed by atoms with Gasteiger partial charge in [0, 0.05) is 15.3 Å². The lowest BCUT2D eigenvalue weighted by Crippen LogP contribution is -2.09. The molecule has 0 aliphatic heterocycles. The molecule has 1 unspecified atom stereocenters. The number of rotatable bonds is 3. The maximum Gasteiger partial charge on any atom is 0.0488 e. The molecule has 0 radical (unpaired) electrons. The third-order valence-electron chi connectivity index (χ3n) is 3.15. The zero-order chi connectivity index (χ0) is 13.1. The Kier molecular flexibility index (Phi) is 4.27. The molecule has 0 aliphatic carbocycles. The van der Waals surface area contributed by atoms with Crippen molar-refractivity contribution in [3.8, 4) is 0 Å². The quantitative estimate of drug-likeness (QED) is 0.761. The molecule has 0 saturated heterocycles. The molecule has 0 fully saturated rings. The first kappa shape index (κ1) is 13.4. The molecular weight excluding hydrogens is 333 g/mol. The van der Waals surface area contributed by atoms with E-state index in [1.54, 1.807) is 0 Å². The van der Waals surface area contributed by atoms with E-state index in [1.807, 2.05) is 0 Å². The van der Waals surface area contributed by atoms with Crippen LogP contribution in [0.25, 0.3) is 0 Å². The Morgan fingerprint density at radius 1 is 1.06 bits per heavy atom. The number of hydrogen-bond acceptors (Lipinski definition) is 1. The Balaban J connectivity index is 2.25. The normalized spacial score (nSPS) is 12.2. The van der Waals surface area contributed by atoms with E-state index in [2.05, 4.69) is 91.1 Å². The number of benzene rings is 2.